The van der Waals surface area contributed by atoms with Gasteiger partial charge in [0.15, 0.2) is 5.75 Å². The molecular weight excluding hydrogens is 175 g/mol. The highest BCUT2D eigenvalue weighted by molar-refractivity contribution is 6.37. The molecule has 0 fully saturated rings. The summed E-state index contributed by atoms with van der Waals surface area (Å²) < 4.78 is 0. The lowest BCUT2D eigenvalue weighted by molar-refractivity contribution is 0.476. The molecule has 0 heterocycles. The minimum absolute atomic E-state index is 0. The zero-order chi connectivity index (χ0) is 6.85. The van der Waals surface area contributed by atoms with Crippen molar-refractivity contribution in [3.8, 4) is 5.75 Å². The summed E-state index contributed by atoms with van der Waals surface area (Å²) in [6, 6.07) is 4.82. The van der Waals surface area contributed by atoms with E-state index in [1.807, 2.05) is 0 Å². The van der Waals surface area contributed by atoms with Crippen LogP contribution in [0, 0.1) is 0 Å². The van der Waals surface area contributed by atoms with Crippen molar-refractivity contribution in [1.82, 2.24) is 0 Å². The molecule has 0 saturated heterocycles. The van der Waals surface area contributed by atoms with Gasteiger partial charge in [0.2, 0.25) is 0 Å². The molecule has 0 aliphatic rings. The van der Waals surface area contributed by atoms with Crippen LogP contribution in [0.15, 0.2) is 18.2 Å². The highest BCUT2D eigenvalue weighted by atomic mass is 35.5. The molecule has 0 aliphatic carbocycles. The molecule has 0 amide bonds. The van der Waals surface area contributed by atoms with Crippen molar-refractivity contribution >= 4 is 23.2 Å². The van der Waals surface area contributed by atoms with Crippen molar-refractivity contribution in [2.75, 3.05) is 0 Å². The fourth-order valence-corrected chi connectivity index (χ4v) is 0.886. The Hall–Kier alpha value is -0.440. The van der Waals surface area contributed by atoms with Gasteiger partial charge in [-0.05, 0) is 12.1 Å². The molecule has 0 bridgehead atoms. The van der Waals surface area contributed by atoms with Gasteiger partial charge >= 0.3 is 0 Å². The molecule has 10 heavy (non-hydrogen) atoms. The number of phenols is 1. The third-order valence-electron chi connectivity index (χ3n) is 0.938. The SMILES string of the molecule is O.Oc1c(Cl)cccc1Cl. The van der Waals surface area contributed by atoms with Crippen LogP contribution in [0.4, 0.5) is 0 Å². The van der Waals surface area contributed by atoms with Crippen LogP contribution >= 0.6 is 23.2 Å². The zero-order valence-corrected chi connectivity index (χ0v) is 6.45. The molecule has 1 rings (SSSR count). The van der Waals surface area contributed by atoms with E-state index in [1.54, 1.807) is 18.2 Å². The van der Waals surface area contributed by atoms with Gasteiger partial charge < -0.3 is 10.6 Å². The smallest absolute Gasteiger partial charge is 0.152 e. The van der Waals surface area contributed by atoms with E-state index in [4.69, 9.17) is 28.3 Å². The van der Waals surface area contributed by atoms with Crippen LogP contribution in [-0.2, 0) is 0 Å². The van der Waals surface area contributed by atoms with E-state index in [-0.39, 0.29) is 21.3 Å². The number of para-hydroxylation sites is 1. The van der Waals surface area contributed by atoms with Crippen LogP contribution < -0.4 is 0 Å². The number of phenolic OH excluding ortho intramolecular Hbond substituents is 1. The molecule has 0 spiro atoms. The van der Waals surface area contributed by atoms with Gasteiger partial charge in [0.05, 0.1) is 10.0 Å². The molecule has 3 N–H and O–H groups in total. The summed E-state index contributed by atoms with van der Waals surface area (Å²) in [7, 11) is 0. The van der Waals surface area contributed by atoms with Gasteiger partial charge in [-0.25, -0.2) is 0 Å². The maximum absolute atomic E-state index is 8.94. The first-order chi connectivity index (χ1) is 4.22. The molecule has 1 aromatic rings. The topological polar surface area (TPSA) is 51.7 Å². The Labute approximate surface area is 68.3 Å². The van der Waals surface area contributed by atoms with Crippen molar-refractivity contribution in [3.63, 3.8) is 0 Å². The van der Waals surface area contributed by atoms with Crippen LogP contribution in [0.5, 0.6) is 5.75 Å². The Morgan fingerprint density at radius 2 is 1.50 bits per heavy atom. The minimum atomic E-state index is -0.0548. The maximum atomic E-state index is 8.94. The molecule has 0 aromatic heterocycles. The summed E-state index contributed by atoms with van der Waals surface area (Å²) in [4.78, 5) is 0. The summed E-state index contributed by atoms with van der Waals surface area (Å²) in [6.07, 6.45) is 0. The standard InChI is InChI=1S/C6H4Cl2O.H2O/c7-4-2-1-3-5(8)6(4)9;/h1-3,9H;1H2. The zero-order valence-electron chi connectivity index (χ0n) is 4.94. The lowest BCUT2D eigenvalue weighted by Crippen LogP contribution is -1.67. The fraction of sp³-hybridized carbons (Fsp3) is 0. The molecule has 0 radical (unpaired) electrons. The third-order valence-corrected chi connectivity index (χ3v) is 1.55. The Balaban J connectivity index is 0.000000810. The molecule has 4 heteroatoms. The Morgan fingerprint density at radius 1 is 1.10 bits per heavy atom. The summed E-state index contributed by atoms with van der Waals surface area (Å²) in [5, 5.41) is 9.50. The van der Waals surface area contributed by atoms with E-state index in [1.165, 1.54) is 0 Å². The van der Waals surface area contributed by atoms with E-state index < -0.39 is 0 Å². The molecule has 0 saturated carbocycles. The van der Waals surface area contributed by atoms with Gasteiger partial charge in [-0.2, -0.15) is 0 Å². The largest absolute Gasteiger partial charge is 0.505 e. The van der Waals surface area contributed by atoms with Gasteiger partial charge in [-0.1, -0.05) is 29.3 Å². The number of aromatic hydroxyl groups is 1. The van der Waals surface area contributed by atoms with E-state index >= 15 is 0 Å². The van der Waals surface area contributed by atoms with Crippen molar-refractivity contribution in [2.24, 2.45) is 0 Å². The summed E-state index contributed by atoms with van der Waals surface area (Å²) in [5.74, 6) is -0.0548. The van der Waals surface area contributed by atoms with Crippen LogP contribution in [0.2, 0.25) is 10.0 Å². The second kappa shape index (κ2) is 3.66. The van der Waals surface area contributed by atoms with E-state index in [0.717, 1.165) is 0 Å². The first-order valence-electron chi connectivity index (χ1n) is 2.35. The quantitative estimate of drug-likeness (QED) is 0.652. The second-order valence-corrected chi connectivity index (χ2v) is 2.38. The van der Waals surface area contributed by atoms with Crippen LogP contribution in [0.25, 0.3) is 0 Å². The summed E-state index contributed by atoms with van der Waals surface area (Å²) >= 11 is 11.0. The molecule has 56 valence electrons. The van der Waals surface area contributed by atoms with Gasteiger partial charge in [0.1, 0.15) is 0 Å². The van der Waals surface area contributed by atoms with Gasteiger partial charge in [-0.15, -0.1) is 0 Å². The Kier molecular flexibility index (Phi) is 3.50. The average Bonchev–Trinajstić information content (AvgIpc) is 1.83. The fourth-order valence-electron chi connectivity index (χ4n) is 0.489. The third kappa shape index (κ3) is 1.77. The van der Waals surface area contributed by atoms with Gasteiger partial charge in [0.25, 0.3) is 0 Å². The number of halogens is 2. The van der Waals surface area contributed by atoms with Crippen molar-refractivity contribution < 1.29 is 10.6 Å². The van der Waals surface area contributed by atoms with E-state index in [2.05, 4.69) is 0 Å². The molecule has 2 nitrogen and oxygen atoms in total. The minimum Gasteiger partial charge on any atom is -0.505 e. The highest BCUT2D eigenvalue weighted by Gasteiger charge is 1.99. The molecular formula is C6H6Cl2O2. The van der Waals surface area contributed by atoms with Crippen molar-refractivity contribution in [1.29, 1.82) is 0 Å². The normalized spacial score (nSPS) is 8.60. The first kappa shape index (κ1) is 9.56. The van der Waals surface area contributed by atoms with E-state index in [9.17, 15) is 0 Å². The Morgan fingerprint density at radius 3 is 1.80 bits per heavy atom. The predicted molar refractivity (Wildman–Crippen MR) is 41.7 cm³/mol. The summed E-state index contributed by atoms with van der Waals surface area (Å²) in [5.41, 5.74) is 0. The monoisotopic (exact) mass is 180 g/mol. The molecule has 1 aromatic carbocycles. The van der Waals surface area contributed by atoms with E-state index in [0.29, 0.717) is 0 Å². The van der Waals surface area contributed by atoms with Crippen molar-refractivity contribution in [3.05, 3.63) is 28.2 Å². The molecule has 0 unspecified atom stereocenters. The highest BCUT2D eigenvalue weighted by Crippen LogP contribution is 2.30. The average molecular weight is 181 g/mol. The van der Waals surface area contributed by atoms with Gasteiger partial charge in [0, 0.05) is 0 Å². The number of rotatable bonds is 0. The maximum Gasteiger partial charge on any atom is 0.152 e. The van der Waals surface area contributed by atoms with Crippen molar-refractivity contribution in [2.45, 2.75) is 0 Å². The molecule has 0 aliphatic heterocycles. The lowest BCUT2D eigenvalue weighted by atomic mass is 10.3. The Bertz CT molecular complexity index is 205. The summed E-state index contributed by atoms with van der Waals surface area (Å²) in [6.45, 7) is 0. The van der Waals surface area contributed by atoms with Crippen LogP contribution in [0.1, 0.15) is 0 Å². The predicted octanol–water partition coefficient (Wildman–Crippen LogP) is 1.87. The number of hydrogen-bond acceptors (Lipinski definition) is 1. The molecule has 0 atom stereocenters. The number of benzene rings is 1. The first-order valence-corrected chi connectivity index (χ1v) is 3.10. The number of hydrogen-bond donors (Lipinski definition) is 1. The lowest BCUT2D eigenvalue weighted by Gasteiger charge is -1.95. The van der Waals surface area contributed by atoms with Crippen LogP contribution in [0.3, 0.4) is 0 Å². The van der Waals surface area contributed by atoms with Gasteiger partial charge in [-0.3, -0.25) is 0 Å². The second-order valence-electron chi connectivity index (χ2n) is 1.57. The van der Waals surface area contributed by atoms with Crippen LogP contribution in [-0.4, -0.2) is 10.6 Å².